The number of hydrogen-bond donors (Lipinski definition) is 3. The Morgan fingerprint density at radius 2 is 2.04 bits per heavy atom. The summed E-state index contributed by atoms with van der Waals surface area (Å²) in [4.78, 5) is 16.0. The highest BCUT2D eigenvalue weighted by Crippen LogP contribution is 2.21. The molecule has 0 unspecified atom stereocenters. The van der Waals surface area contributed by atoms with Crippen LogP contribution in [0.4, 0.5) is 4.79 Å². The molecule has 7 nitrogen and oxygen atoms in total. The summed E-state index contributed by atoms with van der Waals surface area (Å²) in [6.07, 6.45) is 0. The van der Waals surface area contributed by atoms with Crippen molar-refractivity contribution in [2.45, 2.75) is 32.4 Å². The summed E-state index contributed by atoms with van der Waals surface area (Å²) in [5.41, 5.74) is -0.235. The first-order valence-corrected chi connectivity index (χ1v) is 7.49. The average Bonchev–Trinajstić information content (AvgIpc) is 2.95. The molecule has 0 aliphatic heterocycles. The summed E-state index contributed by atoms with van der Waals surface area (Å²) in [5, 5.41) is 19.3. The highest BCUT2D eigenvalue weighted by atomic mass is 35.5. The van der Waals surface area contributed by atoms with Crippen LogP contribution in [0.15, 0.2) is 28.8 Å². The van der Waals surface area contributed by atoms with Crippen LogP contribution in [0.1, 0.15) is 32.6 Å². The van der Waals surface area contributed by atoms with Gasteiger partial charge in [-0.1, -0.05) is 16.8 Å². The molecule has 23 heavy (non-hydrogen) atoms. The molecule has 124 valence electrons. The van der Waals surface area contributed by atoms with Gasteiger partial charge < -0.3 is 20.3 Å². The van der Waals surface area contributed by atoms with Gasteiger partial charge in [0.15, 0.2) is 5.82 Å². The number of benzene rings is 1. The fourth-order valence-electron chi connectivity index (χ4n) is 1.73. The molecule has 0 saturated heterocycles. The van der Waals surface area contributed by atoms with E-state index in [4.69, 9.17) is 16.1 Å². The number of nitrogens with one attached hydrogen (secondary N) is 2. The Balaban J connectivity index is 1.97. The minimum absolute atomic E-state index is 0.133. The summed E-state index contributed by atoms with van der Waals surface area (Å²) < 4.78 is 5.19. The lowest BCUT2D eigenvalue weighted by Gasteiger charge is -2.18. The topological polar surface area (TPSA) is 100 Å². The first-order valence-electron chi connectivity index (χ1n) is 7.11. The second-order valence-electron chi connectivity index (χ2n) is 5.83. The fraction of sp³-hybridized carbons (Fsp3) is 0.400. The lowest BCUT2D eigenvalue weighted by Crippen LogP contribution is -2.44. The molecule has 0 spiro atoms. The number of aliphatic hydroxyl groups is 1. The average molecular weight is 339 g/mol. The Bertz CT molecular complexity index is 664. The number of carbonyl (C=O) groups is 1. The maximum absolute atomic E-state index is 11.8. The van der Waals surface area contributed by atoms with Crippen molar-refractivity contribution in [2.75, 3.05) is 6.54 Å². The van der Waals surface area contributed by atoms with Crippen LogP contribution < -0.4 is 10.6 Å². The van der Waals surface area contributed by atoms with E-state index >= 15 is 0 Å². The van der Waals surface area contributed by atoms with Crippen LogP contribution in [0.5, 0.6) is 0 Å². The molecule has 2 rings (SSSR count). The van der Waals surface area contributed by atoms with Gasteiger partial charge in [0.2, 0.25) is 0 Å². The summed E-state index contributed by atoms with van der Waals surface area (Å²) in [7, 11) is 0. The van der Waals surface area contributed by atoms with Crippen molar-refractivity contribution in [2.24, 2.45) is 0 Å². The highest BCUT2D eigenvalue weighted by molar-refractivity contribution is 6.30. The summed E-state index contributed by atoms with van der Waals surface area (Å²) in [5.74, 6) is 0.704. The van der Waals surface area contributed by atoms with Crippen LogP contribution in [0, 0.1) is 0 Å². The van der Waals surface area contributed by atoms with Gasteiger partial charge in [0.25, 0.3) is 5.89 Å². The van der Waals surface area contributed by atoms with Crippen molar-refractivity contribution in [3.63, 3.8) is 0 Å². The molecule has 0 fully saturated rings. The standard InChI is InChI=1S/C15H19ClN4O3/c1-9(18-14(21)17-8-15(2,3)22)12-19-13(23-20-12)10-4-6-11(16)7-5-10/h4-7,9,22H,8H2,1-3H3,(H2,17,18,21)/t9-/m1/s1. The Hall–Kier alpha value is -2.12. The second-order valence-corrected chi connectivity index (χ2v) is 6.26. The van der Waals surface area contributed by atoms with E-state index in [1.54, 1.807) is 45.0 Å². The number of aromatic nitrogens is 2. The van der Waals surface area contributed by atoms with Crippen molar-refractivity contribution in [3.05, 3.63) is 35.1 Å². The normalized spacial score (nSPS) is 12.7. The fourth-order valence-corrected chi connectivity index (χ4v) is 1.86. The maximum atomic E-state index is 11.8. The monoisotopic (exact) mass is 338 g/mol. The van der Waals surface area contributed by atoms with Crippen LogP contribution in [0.3, 0.4) is 0 Å². The van der Waals surface area contributed by atoms with Gasteiger partial charge in [-0.2, -0.15) is 4.98 Å². The molecule has 1 aromatic heterocycles. The van der Waals surface area contributed by atoms with E-state index < -0.39 is 17.7 Å². The Labute approximate surface area is 139 Å². The molecule has 0 radical (unpaired) electrons. The van der Waals surface area contributed by atoms with E-state index in [1.165, 1.54) is 0 Å². The zero-order valence-corrected chi connectivity index (χ0v) is 13.9. The third kappa shape index (κ3) is 5.22. The summed E-state index contributed by atoms with van der Waals surface area (Å²) in [6.45, 7) is 5.08. The van der Waals surface area contributed by atoms with Crippen LogP contribution in [-0.2, 0) is 0 Å². The first-order chi connectivity index (χ1) is 10.7. The number of carbonyl (C=O) groups excluding carboxylic acids is 1. The van der Waals surface area contributed by atoms with Crippen molar-refractivity contribution in [1.29, 1.82) is 0 Å². The molecule has 1 heterocycles. The van der Waals surface area contributed by atoms with E-state index in [0.717, 1.165) is 5.56 Å². The van der Waals surface area contributed by atoms with E-state index in [1.807, 2.05) is 0 Å². The number of rotatable bonds is 5. The highest BCUT2D eigenvalue weighted by Gasteiger charge is 2.18. The predicted molar refractivity (Wildman–Crippen MR) is 86.0 cm³/mol. The lowest BCUT2D eigenvalue weighted by molar-refractivity contribution is 0.0817. The van der Waals surface area contributed by atoms with Gasteiger partial charge >= 0.3 is 6.03 Å². The molecule has 2 amide bonds. The maximum Gasteiger partial charge on any atom is 0.315 e. The van der Waals surface area contributed by atoms with Crippen molar-refractivity contribution >= 4 is 17.6 Å². The Morgan fingerprint density at radius 1 is 1.39 bits per heavy atom. The van der Waals surface area contributed by atoms with E-state index in [-0.39, 0.29) is 6.54 Å². The van der Waals surface area contributed by atoms with Crippen LogP contribution in [0.2, 0.25) is 5.02 Å². The molecule has 1 atom stereocenters. The number of urea groups is 1. The number of nitrogens with zero attached hydrogens (tertiary/aromatic N) is 2. The minimum Gasteiger partial charge on any atom is -0.389 e. The van der Waals surface area contributed by atoms with Gasteiger partial charge in [0.05, 0.1) is 11.6 Å². The zero-order chi connectivity index (χ0) is 17.0. The van der Waals surface area contributed by atoms with Crippen LogP contribution in [0.25, 0.3) is 11.5 Å². The van der Waals surface area contributed by atoms with Crippen molar-refractivity contribution < 1.29 is 14.4 Å². The smallest absolute Gasteiger partial charge is 0.315 e. The SMILES string of the molecule is C[C@@H](NC(=O)NCC(C)(C)O)c1noc(-c2ccc(Cl)cc2)n1. The molecule has 0 aliphatic carbocycles. The Morgan fingerprint density at radius 3 is 2.65 bits per heavy atom. The summed E-state index contributed by atoms with van der Waals surface area (Å²) >= 11 is 5.83. The second kappa shape index (κ2) is 6.97. The van der Waals surface area contributed by atoms with Gasteiger partial charge in [0.1, 0.15) is 0 Å². The molecule has 1 aromatic carbocycles. The third-order valence-electron chi connectivity index (χ3n) is 2.95. The largest absolute Gasteiger partial charge is 0.389 e. The molecule has 0 aliphatic rings. The number of hydrogen-bond acceptors (Lipinski definition) is 5. The number of halogens is 1. The quantitative estimate of drug-likeness (QED) is 0.777. The molecule has 3 N–H and O–H groups in total. The molecule has 2 aromatic rings. The van der Waals surface area contributed by atoms with Crippen molar-refractivity contribution in [1.82, 2.24) is 20.8 Å². The number of amides is 2. The predicted octanol–water partition coefficient (Wildman–Crippen LogP) is 2.52. The molecule has 0 saturated carbocycles. The van der Waals surface area contributed by atoms with Crippen LogP contribution in [-0.4, -0.2) is 33.4 Å². The van der Waals surface area contributed by atoms with Crippen molar-refractivity contribution in [3.8, 4) is 11.5 Å². The Kier molecular flexibility index (Phi) is 5.23. The van der Waals surface area contributed by atoms with E-state index in [2.05, 4.69) is 20.8 Å². The minimum atomic E-state index is -0.978. The first kappa shape index (κ1) is 17.2. The lowest BCUT2D eigenvalue weighted by atomic mass is 10.1. The summed E-state index contributed by atoms with van der Waals surface area (Å²) in [6, 6.07) is 6.14. The van der Waals surface area contributed by atoms with Gasteiger partial charge in [0, 0.05) is 17.1 Å². The van der Waals surface area contributed by atoms with Gasteiger partial charge in [-0.3, -0.25) is 0 Å². The van der Waals surface area contributed by atoms with Gasteiger partial charge in [-0.05, 0) is 45.0 Å². The molecular weight excluding hydrogens is 320 g/mol. The third-order valence-corrected chi connectivity index (χ3v) is 3.20. The van der Waals surface area contributed by atoms with E-state index in [0.29, 0.717) is 16.7 Å². The van der Waals surface area contributed by atoms with Crippen LogP contribution >= 0.6 is 11.6 Å². The molecule has 0 bridgehead atoms. The molecular formula is C15H19ClN4O3. The zero-order valence-electron chi connectivity index (χ0n) is 13.1. The van der Waals surface area contributed by atoms with E-state index in [9.17, 15) is 9.90 Å². The van der Waals surface area contributed by atoms with Gasteiger partial charge in [-0.15, -0.1) is 0 Å². The molecule has 8 heteroatoms. The van der Waals surface area contributed by atoms with Gasteiger partial charge in [-0.25, -0.2) is 4.79 Å².